The highest BCUT2D eigenvalue weighted by molar-refractivity contribution is 5.46. The van der Waals surface area contributed by atoms with Gasteiger partial charge in [0, 0.05) is 18.7 Å². The lowest BCUT2D eigenvalue weighted by molar-refractivity contribution is -0.141. The first-order valence-corrected chi connectivity index (χ1v) is 7.17. The topological polar surface area (TPSA) is 73.6 Å². The molecule has 1 N–H and O–H groups in total. The van der Waals surface area contributed by atoms with Crippen LogP contribution in [0.5, 0.6) is 0 Å². The summed E-state index contributed by atoms with van der Waals surface area (Å²) < 4.78 is 50.8. The Balaban J connectivity index is 1.74. The Morgan fingerprint density at radius 2 is 2.35 bits per heavy atom. The maximum absolute atomic E-state index is 12.9. The second-order valence-corrected chi connectivity index (χ2v) is 5.36. The van der Waals surface area contributed by atoms with E-state index in [9.17, 15) is 13.2 Å². The van der Waals surface area contributed by atoms with E-state index in [1.165, 1.54) is 4.52 Å². The third-order valence-electron chi connectivity index (χ3n) is 3.41. The van der Waals surface area contributed by atoms with Crippen LogP contribution < -0.4 is 5.32 Å². The predicted molar refractivity (Wildman–Crippen MR) is 74.0 cm³/mol. The zero-order valence-corrected chi connectivity index (χ0v) is 12.4. The van der Waals surface area contributed by atoms with Gasteiger partial charge in [0.25, 0.3) is 5.78 Å². The van der Waals surface area contributed by atoms with Gasteiger partial charge in [-0.25, -0.2) is 4.98 Å². The molecule has 7 nitrogen and oxygen atoms in total. The quantitative estimate of drug-likeness (QED) is 0.900. The Bertz CT molecular complexity index is 669. The minimum atomic E-state index is -4.55. The average molecular weight is 331 g/mol. The molecule has 126 valence electrons. The van der Waals surface area contributed by atoms with Crippen molar-refractivity contribution in [1.82, 2.24) is 19.6 Å². The summed E-state index contributed by atoms with van der Waals surface area (Å²) in [5.41, 5.74) is -1.02. The summed E-state index contributed by atoms with van der Waals surface area (Å²) in [5, 5.41) is 6.85. The van der Waals surface area contributed by atoms with Gasteiger partial charge in [0.1, 0.15) is 12.1 Å². The van der Waals surface area contributed by atoms with Gasteiger partial charge in [0.2, 0.25) is 0 Å². The maximum Gasteiger partial charge on any atom is 0.433 e. The molecule has 2 aromatic heterocycles. The summed E-state index contributed by atoms with van der Waals surface area (Å²) in [6.45, 7) is 3.37. The summed E-state index contributed by atoms with van der Waals surface area (Å²) in [4.78, 5) is 7.18. The molecule has 2 aromatic rings. The zero-order chi connectivity index (χ0) is 16.4. The van der Waals surface area contributed by atoms with Crippen LogP contribution in [0.4, 0.5) is 19.0 Å². The van der Waals surface area contributed by atoms with E-state index in [1.54, 1.807) is 0 Å². The van der Waals surface area contributed by atoms with E-state index in [1.807, 2.05) is 6.92 Å². The molecule has 2 unspecified atom stereocenters. The molecule has 1 aliphatic heterocycles. The van der Waals surface area contributed by atoms with Gasteiger partial charge in [-0.05, 0) is 13.3 Å². The molecule has 0 radical (unpaired) electrons. The van der Waals surface area contributed by atoms with Gasteiger partial charge < -0.3 is 14.8 Å². The summed E-state index contributed by atoms with van der Waals surface area (Å²) in [7, 11) is 0. The number of hydrogen-bond donors (Lipinski definition) is 1. The number of halogens is 3. The van der Waals surface area contributed by atoms with Crippen LogP contribution in [-0.2, 0) is 15.7 Å². The minimum Gasteiger partial charge on any atom is -0.379 e. The maximum atomic E-state index is 12.9. The Morgan fingerprint density at radius 3 is 3.04 bits per heavy atom. The molecule has 0 amide bonds. The molecule has 0 saturated carbocycles. The van der Waals surface area contributed by atoms with Crippen LogP contribution in [0.3, 0.4) is 0 Å². The lowest BCUT2D eigenvalue weighted by Crippen LogP contribution is -2.27. The average Bonchev–Trinajstić information content (AvgIpc) is 3.15. The molecule has 1 fully saturated rings. The highest BCUT2D eigenvalue weighted by Crippen LogP contribution is 2.29. The fraction of sp³-hybridized carbons (Fsp3) is 0.615. The smallest absolute Gasteiger partial charge is 0.379 e. The van der Waals surface area contributed by atoms with E-state index in [0.717, 1.165) is 18.8 Å². The zero-order valence-electron chi connectivity index (χ0n) is 12.4. The van der Waals surface area contributed by atoms with Crippen LogP contribution in [0.2, 0.25) is 0 Å². The Labute approximate surface area is 129 Å². The van der Waals surface area contributed by atoms with Crippen molar-refractivity contribution in [2.45, 2.75) is 31.7 Å². The highest BCUT2D eigenvalue weighted by atomic mass is 19.4. The van der Waals surface area contributed by atoms with E-state index >= 15 is 0 Å². The number of anilines is 1. The first-order valence-electron chi connectivity index (χ1n) is 7.17. The lowest BCUT2D eigenvalue weighted by atomic mass is 10.3. The van der Waals surface area contributed by atoms with Crippen molar-refractivity contribution in [1.29, 1.82) is 0 Å². The van der Waals surface area contributed by atoms with Gasteiger partial charge in [-0.15, -0.1) is 0 Å². The molecule has 3 rings (SSSR count). The lowest BCUT2D eigenvalue weighted by Gasteiger charge is -2.19. The van der Waals surface area contributed by atoms with Gasteiger partial charge in [0.05, 0.1) is 19.3 Å². The summed E-state index contributed by atoms with van der Waals surface area (Å²) in [6, 6.07) is 0.697. The molecule has 0 bridgehead atoms. The van der Waals surface area contributed by atoms with Crippen molar-refractivity contribution in [2.24, 2.45) is 0 Å². The number of rotatable bonds is 5. The van der Waals surface area contributed by atoms with Crippen molar-refractivity contribution >= 4 is 11.6 Å². The number of aromatic nitrogens is 4. The third-order valence-corrected chi connectivity index (χ3v) is 3.41. The van der Waals surface area contributed by atoms with E-state index in [2.05, 4.69) is 20.4 Å². The van der Waals surface area contributed by atoms with E-state index < -0.39 is 11.9 Å². The highest BCUT2D eigenvalue weighted by Gasteiger charge is 2.34. The first kappa shape index (κ1) is 15.9. The molecular weight excluding hydrogens is 315 g/mol. The van der Waals surface area contributed by atoms with Crippen molar-refractivity contribution < 1.29 is 22.6 Å². The van der Waals surface area contributed by atoms with E-state index in [4.69, 9.17) is 9.47 Å². The molecule has 23 heavy (non-hydrogen) atoms. The third kappa shape index (κ3) is 3.70. The fourth-order valence-corrected chi connectivity index (χ4v) is 2.28. The molecule has 10 heteroatoms. The number of ether oxygens (including phenoxy) is 2. The SMILES string of the molecule is CC(COC1CCOC1)Nc1cc(C(F)(F)F)nc2ncnn12. The molecule has 1 aliphatic rings. The van der Waals surface area contributed by atoms with Crippen molar-refractivity contribution in [3.05, 3.63) is 18.1 Å². The summed E-state index contributed by atoms with van der Waals surface area (Å²) in [5.74, 6) is 0.0539. The monoisotopic (exact) mass is 331 g/mol. The molecule has 2 atom stereocenters. The van der Waals surface area contributed by atoms with Gasteiger partial charge in [0.15, 0.2) is 5.69 Å². The van der Waals surface area contributed by atoms with Gasteiger partial charge in [-0.3, -0.25) is 0 Å². The van der Waals surface area contributed by atoms with Crippen LogP contribution >= 0.6 is 0 Å². The Kier molecular flexibility index (Phi) is 4.35. The fourth-order valence-electron chi connectivity index (χ4n) is 2.28. The summed E-state index contributed by atoms with van der Waals surface area (Å²) >= 11 is 0. The Morgan fingerprint density at radius 1 is 1.52 bits per heavy atom. The second-order valence-electron chi connectivity index (χ2n) is 5.36. The van der Waals surface area contributed by atoms with Crippen LogP contribution in [0.25, 0.3) is 5.78 Å². The van der Waals surface area contributed by atoms with Gasteiger partial charge in [-0.1, -0.05) is 0 Å². The van der Waals surface area contributed by atoms with Gasteiger partial charge >= 0.3 is 6.18 Å². The largest absolute Gasteiger partial charge is 0.433 e. The molecule has 1 saturated heterocycles. The molecule has 0 aromatic carbocycles. The van der Waals surface area contributed by atoms with Crippen LogP contribution in [-0.4, -0.2) is 51.5 Å². The molecule has 0 spiro atoms. The van der Waals surface area contributed by atoms with Gasteiger partial charge in [-0.2, -0.15) is 27.8 Å². The van der Waals surface area contributed by atoms with Crippen molar-refractivity contribution in [3.63, 3.8) is 0 Å². The van der Waals surface area contributed by atoms with Crippen LogP contribution in [0, 0.1) is 0 Å². The van der Waals surface area contributed by atoms with E-state index in [0.29, 0.717) is 19.8 Å². The van der Waals surface area contributed by atoms with E-state index in [-0.39, 0.29) is 23.7 Å². The number of fused-ring (bicyclic) bond motifs is 1. The number of alkyl halides is 3. The molecule has 3 heterocycles. The van der Waals surface area contributed by atoms with Crippen LogP contribution in [0.15, 0.2) is 12.4 Å². The summed E-state index contributed by atoms with van der Waals surface area (Å²) in [6.07, 6.45) is -2.53. The van der Waals surface area contributed by atoms with Crippen molar-refractivity contribution in [2.75, 3.05) is 25.1 Å². The molecular formula is C13H16F3N5O2. The normalized spacial score (nSPS) is 20.1. The number of nitrogens with zero attached hydrogens (tertiary/aromatic N) is 4. The predicted octanol–water partition coefficient (Wildman–Crippen LogP) is 1.75. The first-order chi connectivity index (χ1) is 10.9. The Hall–Kier alpha value is -1.94. The number of hydrogen-bond acceptors (Lipinski definition) is 6. The minimum absolute atomic E-state index is 0.0359. The van der Waals surface area contributed by atoms with Crippen molar-refractivity contribution in [3.8, 4) is 0 Å². The second kappa shape index (κ2) is 6.28. The van der Waals surface area contributed by atoms with Crippen LogP contribution in [0.1, 0.15) is 19.0 Å². The molecule has 0 aliphatic carbocycles. The number of nitrogens with one attached hydrogen (secondary N) is 1. The standard InChI is InChI=1S/C13H16F3N5O2/c1-8(5-23-9-2-3-22-6-9)19-11-4-10(13(14,15)16)20-12-17-7-18-21(11)12/h4,7-9,19H,2-3,5-6H2,1H3.